The number of nitrogens with zero attached hydrogens (tertiary/aromatic N) is 2. The van der Waals surface area contributed by atoms with Crippen molar-refractivity contribution < 1.29 is 0 Å². The topological polar surface area (TPSA) is 42.7 Å². The summed E-state index contributed by atoms with van der Waals surface area (Å²) in [7, 11) is 0. The Hall–Kier alpha value is -5.61. The minimum atomic E-state index is -0.0803. The number of nitrogens with one attached hydrogen (secondary N) is 1. The summed E-state index contributed by atoms with van der Waals surface area (Å²) in [6, 6.07) is 46.3. The summed E-state index contributed by atoms with van der Waals surface area (Å²) in [5.41, 5.74) is 7.26. The Bertz CT molecular complexity index is 2530. The quantitative estimate of drug-likeness (QED) is 0.225. The van der Waals surface area contributed by atoms with Gasteiger partial charge in [0, 0.05) is 43.7 Å². The van der Waals surface area contributed by atoms with Crippen molar-refractivity contribution in [1.29, 1.82) is 0 Å². The summed E-state index contributed by atoms with van der Waals surface area (Å²) in [5, 5.41) is 7.15. The van der Waals surface area contributed by atoms with Crippen LogP contribution in [0.3, 0.4) is 0 Å². The Kier molecular flexibility index (Phi) is 4.44. The lowest BCUT2D eigenvalue weighted by Crippen LogP contribution is -2.07. The third kappa shape index (κ3) is 3.02. The lowest BCUT2D eigenvalue weighted by Gasteiger charge is -2.12. The molecule has 0 saturated heterocycles. The lowest BCUT2D eigenvalue weighted by atomic mass is 10.0. The number of rotatable bonds is 2. The summed E-state index contributed by atoms with van der Waals surface area (Å²) in [6.45, 7) is 0. The van der Waals surface area contributed by atoms with Crippen molar-refractivity contribution in [3.05, 3.63) is 144 Å². The van der Waals surface area contributed by atoms with Gasteiger partial charge >= 0.3 is 0 Å². The number of aromatic amines is 1. The molecule has 9 rings (SSSR count). The van der Waals surface area contributed by atoms with Crippen LogP contribution in [0, 0.1) is 0 Å². The first kappa shape index (κ1) is 22.2. The molecule has 1 N–H and O–H groups in total. The molecule has 0 spiro atoms. The predicted octanol–water partition coefficient (Wildman–Crippen LogP) is 8.88. The molecule has 0 unspecified atom stereocenters. The van der Waals surface area contributed by atoms with Gasteiger partial charge in [0.2, 0.25) is 0 Å². The van der Waals surface area contributed by atoms with Crippen molar-refractivity contribution in [1.82, 2.24) is 14.1 Å². The molecule has 0 aliphatic rings. The second kappa shape index (κ2) is 8.20. The van der Waals surface area contributed by atoms with E-state index in [0.717, 1.165) is 71.3 Å². The highest BCUT2D eigenvalue weighted by Crippen LogP contribution is 2.39. The zero-order valence-corrected chi connectivity index (χ0v) is 22.0. The van der Waals surface area contributed by atoms with Gasteiger partial charge in [0.1, 0.15) is 0 Å². The highest BCUT2D eigenvalue weighted by Gasteiger charge is 2.19. The molecule has 0 bridgehead atoms. The van der Waals surface area contributed by atoms with Crippen LogP contribution in [-0.4, -0.2) is 14.1 Å². The number of benzene rings is 6. The van der Waals surface area contributed by atoms with E-state index in [2.05, 4.69) is 135 Å². The monoisotopic (exact) mass is 525 g/mol. The standard InChI is InChI=1S/C37H23N3O/c41-37-31-21-30-26-16-8-9-17-32(26)39(23-11-3-1-4-12-23)34(30)22-29(31)27-19-20-28-25-15-7-10-18-33(25)40(36(28)35(27)38-37)24-13-5-2-6-14-24/h1-22H,(H,38,41). The Morgan fingerprint density at radius 3 is 1.68 bits per heavy atom. The molecule has 4 heteroatoms. The summed E-state index contributed by atoms with van der Waals surface area (Å²) >= 11 is 0. The Morgan fingerprint density at radius 2 is 0.976 bits per heavy atom. The molecule has 0 fully saturated rings. The van der Waals surface area contributed by atoms with E-state index in [4.69, 9.17) is 0 Å². The Balaban J connectivity index is 1.49. The summed E-state index contributed by atoms with van der Waals surface area (Å²) < 4.78 is 4.57. The number of fused-ring (bicyclic) bond motifs is 10. The van der Waals surface area contributed by atoms with Crippen molar-refractivity contribution >= 4 is 65.3 Å². The summed E-state index contributed by atoms with van der Waals surface area (Å²) in [4.78, 5) is 17.2. The molecular weight excluding hydrogens is 502 g/mol. The van der Waals surface area contributed by atoms with Gasteiger partial charge in [-0.1, -0.05) is 84.9 Å². The average molecular weight is 526 g/mol. The van der Waals surface area contributed by atoms with Crippen molar-refractivity contribution in [3.8, 4) is 11.4 Å². The van der Waals surface area contributed by atoms with Crippen LogP contribution in [0.4, 0.5) is 0 Å². The minimum Gasteiger partial charge on any atom is -0.320 e. The number of pyridine rings is 1. The molecule has 3 aromatic heterocycles. The average Bonchev–Trinajstić information content (AvgIpc) is 3.54. The van der Waals surface area contributed by atoms with Crippen molar-refractivity contribution in [3.63, 3.8) is 0 Å². The molecule has 0 radical (unpaired) electrons. The van der Waals surface area contributed by atoms with E-state index in [9.17, 15) is 4.79 Å². The molecule has 0 aliphatic carbocycles. The largest absolute Gasteiger partial charge is 0.320 e. The lowest BCUT2D eigenvalue weighted by molar-refractivity contribution is 1.18. The molecule has 41 heavy (non-hydrogen) atoms. The third-order valence-corrected chi connectivity index (χ3v) is 8.45. The maximum Gasteiger partial charge on any atom is 0.256 e. The van der Waals surface area contributed by atoms with Gasteiger partial charge in [0.25, 0.3) is 5.56 Å². The van der Waals surface area contributed by atoms with Gasteiger partial charge in [-0.05, 0) is 53.9 Å². The zero-order valence-electron chi connectivity index (χ0n) is 22.0. The molecule has 4 nitrogen and oxygen atoms in total. The fourth-order valence-electron chi connectivity index (χ4n) is 6.72. The number of H-pyrrole nitrogens is 1. The second-order valence-electron chi connectivity index (χ2n) is 10.6. The number of hydrogen-bond donors (Lipinski definition) is 1. The van der Waals surface area contributed by atoms with Crippen LogP contribution in [0.15, 0.2) is 138 Å². The fourth-order valence-corrected chi connectivity index (χ4v) is 6.72. The molecule has 0 atom stereocenters. The first-order chi connectivity index (χ1) is 20.3. The first-order valence-electron chi connectivity index (χ1n) is 13.8. The van der Waals surface area contributed by atoms with Crippen LogP contribution in [0.2, 0.25) is 0 Å². The molecule has 6 aromatic carbocycles. The second-order valence-corrected chi connectivity index (χ2v) is 10.6. The van der Waals surface area contributed by atoms with Gasteiger partial charge in [-0.3, -0.25) is 4.79 Å². The van der Waals surface area contributed by atoms with Crippen molar-refractivity contribution in [2.45, 2.75) is 0 Å². The van der Waals surface area contributed by atoms with Gasteiger partial charge in [-0.15, -0.1) is 0 Å². The zero-order chi connectivity index (χ0) is 27.1. The van der Waals surface area contributed by atoms with Crippen LogP contribution in [-0.2, 0) is 0 Å². The first-order valence-corrected chi connectivity index (χ1v) is 13.8. The molecule has 9 aromatic rings. The molecule has 192 valence electrons. The third-order valence-electron chi connectivity index (χ3n) is 8.45. The predicted molar refractivity (Wildman–Crippen MR) is 171 cm³/mol. The molecule has 0 amide bonds. The maximum atomic E-state index is 13.9. The maximum absolute atomic E-state index is 13.9. The van der Waals surface area contributed by atoms with E-state index in [1.54, 1.807) is 0 Å². The summed E-state index contributed by atoms with van der Waals surface area (Å²) in [6.07, 6.45) is 0. The van der Waals surface area contributed by atoms with Gasteiger partial charge in [0.15, 0.2) is 0 Å². The molecular formula is C37H23N3O. The molecule has 0 saturated carbocycles. The number of aromatic nitrogens is 3. The van der Waals surface area contributed by atoms with Crippen LogP contribution < -0.4 is 5.56 Å². The van der Waals surface area contributed by atoms with Crippen molar-refractivity contribution in [2.24, 2.45) is 0 Å². The van der Waals surface area contributed by atoms with E-state index in [1.165, 1.54) is 0 Å². The van der Waals surface area contributed by atoms with Gasteiger partial charge < -0.3 is 14.1 Å². The normalized spacial score (nSPS) is 12.0. The number of para-hydroxylation sites is 4. The van der Waals surface area contributed by atoms with Crippen LogP contribution >= 0.6 is 0 Å². The highest BCUT2D eigenvalue weighted by atomic mass is 16.1. The minimum absolute atomic E-state index is 0.0803. The Morgan fingerprint density at radius 1 is 0.415 bits per heavy atom. The van der Waals surface area contributed by atoms with Crippen LogP contribution in [0.5, 0.6) is 0 Å². The molecule has 3 heterocycles. The van der Waals surface area contributed by atoms with Crippen LogP contribution in [0.25, 0.3) is 76.7 Å². The Labute approximate surface area is 234 Å². The number of hydrogen-bond acceptors (Lipinski definition) is 1. The molecule has 0 aliphatic heterocycles. The van der Waals surface area contributed by atoms with Gasteiger partial charge in [-0.25, -0.2) is 0 Å². The van der Waals surface area contributed by atoms with E-state index < -0.39 is 0 Å². The van der Waals surface area contributed by atoms with Crippen LogP contribution in [0.1, 0.15) is 0 Å². The summed E-state index contributed by atoms with van der Waals surface area (Å²) in [5.74, 6) is 0. The van der Waals surface area contributed by atoms with Gasteiger partial charge in [-0.2, -0.15) is 0 Å². The van der Waals surface area contributed by atoms with E-state index in [0.29, 0.717) is 5.39 Å². The fraction of sp³-hybridized carbons (Fsp3) is 0. The van der Waals surface area contributed by atoms with Gasteiger partial charge in [0.05, 0.1) is 27.6 Å². The van der Waals surface area contributed by atoms with E-state index in [1.807, 2.05) is 12.1 Å². The van der Waals surface area contributed by atoms with Crippen molar-refractivity contribution in [2.75, 3.05) is 0 Å². The highest BCUT2D eigenvalue weighted by molar-refractivity contribution is 6.23. The SMILES string of the molecule is O=c1[nH]c2c(ccc3c4ccccc4n(-c4ccccc4)c32)c2cc3c(cc12)c1ccccc1n3-c1ccccc1. The van der Waals surface area contributed by atoms with E-state index >= 15 is 0 Å². The smallest absolute Gasteiger partial charge is 0.256 e. The van der Waals surface area contributed by atoms with E-state index in [-0.39, 0.29) is 5.56 Å².